The largest absolute Gasteiger partial charge is 0.467 e. The molecule has 3 heterocycles. The molecule has 1 aliphatic rings. The first-order valence-electron chi connectivity index (χ1n) is 6.85. The molecular formula is C13H13F3N4O2S. The van der Waals surface area contributed by atoms with Gasteiger partial charge in [0.1, 0.15) is 18.6 Å². The Labute approximate surface area is 133 Å². The maximum Gasteiger partial charge on any atom is 0.406 e. The quantitative estimate of drug-likeness (QED) is 0.830. The molecule has 0 bridgehead atoms. The molecule has 0 unspecified atom stereocenters. The predicted octanol–water partition coefficient (Wildman–Crippen LogP) is 2.17. The van der Waals surface area contributed by atoms with Gasteiger partial charge in [0.2, 0.25) is 5.91 Å². The molecule has 6 nitrogen and oxygen atoms in total. The van der Waals surface area contributed by atoms with E-state index in [1.807, 2.05) is 0 Å². The molecule has 1 amide bonds. The first-order valence-corrected chi connectivity index (χ1v) is 7.73. The highest BCUT2D eigenvalue weighted by Crippen LogP contribution is 2.31. The summed E-state index contributed by atoms with van der Waals surface area (Å²) in [6, 6.07) is 3.54. The normalized spacial score (nSPS) is 18.8. The monoisotopic (exact) mass is 346 g/mol. The summed E-state index contributed by atoms with van der Waals surface area (Å²) in [7, 11) is 0. The Morgan fingerprint density at radius 3 is 2.96 bits per heavy atom. The summed E-state index contributed by atoms with van der Waals surface area (Å²) in [4.78, 5) is 12.9. The number of hydrogen-bond acceptors (Lipinski definition) is 5. The molecule has 1 saturated heterocycles. The van der Waals surface area contributed by atoms with Gasteiger partial charge < -0.3 is 13.9 Å². The number of carbonyl (C=O) groups excluding carboxylic acids is 1. The van der Waals surface area contributed by atoms with Crippen LogP contribution in [0.3, 0.4) is 0 Å². The number of halogens is 3. The number of alkyl halides is 3. The molecule has 0 N–H and O–H groups in total. The van der Waals surface area contributed by atoms with Gasteiger partial charge in [-0.1, -0.05) is 11.8 Å². The van der Waals surface area contributed by atoms with Crippen LogP contribution >= 0.6 is 11.8 Å². The summed E-state index contributed by atoms with van der Waals surface area (Å²) in [6.07, 6.45) is -0.985. The van der Waals surface area contributed by atoms with E-state index in [0.29, 0.717) is 23.9 Å². The van der Waals surface area contributed by atoms with E-state index < -0.39 is 23.9 Å². The molecule has 2 aromatic rings. The fourth-order valence-corrected chi connectivity index (χ4v) is 3.40. The van der Waals surface area contributed by atoms with E-state index in [9.17, 15) is 18.0 Å². The minimum absolute atomic E-state index is 0.0995. The van der Waals surface area contributed by atoms with E-state index in [4.69, 9.17) is 4.42 Å². The topological polar surface area (TPSA) is 64.2 Å². The number of hydrogen-bond donors (Lipinski definition) is 0. The van der Waals surface area contributed by atoms with Crippen molar-refractivity contribution in [2.24, 2.45) is 0 Å². The van der Waals surface area contributed by atoms with Crippen LogP contribution in [0, 0.1) is 0 Å². The fraction of sp³-hybridized carbons (Fsp3) is 0.462. The molecular weight excluding hydrogens is 333 g/mol. The number of amides is 1. The lowest BCUT2D eigenvalue weighted by Crippen LogP contribution is -2.36. The van der Waals surface area contributed by atoms with Gasteiger partial charge in [-0.15, -0.1) is 10.2 Å². The number of thioether (sulfide) groups is 1. The maximum atomic E-state index is 12.4. The summed E-state index contributed by atoms with van der Waals surface area (Å²) < 4.78 is 44.2. The van der Waals surface area contributed by atoms with Gasteiger partial charge in [-0.25, -0.2) is 0 Å². The number of aromatic nitrogens is 3. The second-order valence-corrected chi connectivity index (χ2v) is 6.26. The van der Waals surface area contributed by atoms with Gasteiger partial charge in [-0.05, 0) is 18.6 Å². The Balaban J connectivity index is 1.64. The lowest BCUT2D eigenvalue weighted by Gasteiger charge is -2.18. The van der Waals surface area contributed by atoms with Crippen LogP contribution in [-0.4, -0.2) is 50.1 Å². The molecule has 0 aliphatic carbocycles. The first-order chi connectivity index (χ1) is 10.9. The van der Waals surface area contributed by atoms with Crippen molar-refractivity contribution in [2.45, 2.75) is 29.5 Å². The van der Waals surface area contributed by atoms with Crippen LogP contribution < -0.4 is 0 Å². The predicted molar refractivity (Wildman–Crippen MR) is 74.7 cm³/mol. The van der Waals surface area contributed by atoms with E-state index in [0.717, 1.165) is 16.7 Å². The van der Waals surface area contributed by atoms with Crippen molar-refractivity contribution < 1.29 is 22.4 Å². The summed E-state index contributed by atoms with van der Waals surface area (Å²) >= 11 is 1.13. The summed E-state index contributed by atoms with van der Waals surface area (Å²) in [6.45, 7) is -0.709. The molecule has 2 aromatic heterocycles. The Kier molecular flexibility index (Phi) is 4.33. The molecule has 1 aliphatic heterocycles. The lowest BCUT2D eigenvalue weighted by atomic mass is 10.4. The number of likely N-dealkylation sites (tertiary alicyclic amines) is 1. The summed E-state index contributed by atoms with van der Waals surface area (Å²) in [5, 5.41) is 7.64. The van der Waals surface area contributed by atoms with Crippen molar-refractivity contribution in [2.75, 3.05) is 13.1 Å². The third kappa shape index (κ3) is 3.87. The Morgan fingerprint density at radius 2 is 2.26 bits per heavy atom. The zero-order valence-electron chi connectivity index (χ0n) is 11.9. The molecule has 10 heteroatoms. The van der Waals surface area contributed by atoms with Gasteiger partial charge in [0, 0.05) is 6.54 Å². The third-order valence-corrected chi connectivity index (χ3v) is 4.60. The van der Waals surface area contributed by atoms with Crippen molar-refractivity contribution >= 4 is 17.7 Å². The Morgan fingerprint density at radius 1 is 1.43 bits per heavy atom. The highest BCUT2D eigenvalue weighted by Gasteiger charge is 2.40. The molecule has 23 heavy (non-hydrogen) atoms. The number of rotatable bonds is 5. The van der Waals surface area contributed by atoms with Gasteiger partial charge in [-0.2, -0.15) is 13.2 Å². The highest BCUT2D eigenvalue weighted by molar-refractivity contribution is 8.00. The van der Waals surface area contributed by atoms with Crippen molar-refractivity contribution in [1.29, 1.82) is 0 Å². The number of furan rings is 1. The lowest BCUT2D eigenvalue weighted by molar-refractivity contribution is -0.157. The van der Waals surface area contributed by atoms with Crippen LogP contribution in [0.4, 0.5) is 13.2 Å². The van der Waals surface area contributed by atoms with E-state index in [2.05, 4.69) is 10.2 Å². The van der Waals surface area contributed by atoms with E-state index in [-0.39, 0.29) is 6.54 Å². The minimum Gasteiger partial charge on any atom is -0.467 e. The molecule has 0 radical (unpaired) electrons. The number of carbonyl (C=O) groups is 1. The zero-order chi connectivity index (χ0) is 16.4. The molecule has 0 aromatic carbocycles. The van der Waals surface area contributed by atoms with Gasteiger partial charge in [-0.3, -0.25) is 4.79 Å². The smallest absolute Gasteiger partial charge is 0.406 e. The van der Waals surface area contributed by atoms with Crippen LogP contribution in [0.5, 0.6) is 0 Å². The van der Waals surface area contributed by atoms with Crippen molar-refractivity contribution in [3.63, 3.8) is 0 Å². The Hall–Kier alpha value is -1.97. The second kappa shape index (κ2) is 6.26. The zero-order valence-corrected chi connectivity index (χ0v) is 12.7. The maximum absolute atomic E-state index is 12.4. The van der Waals surface area contributed by atoms with Gasteiger partial charge in [0.25, 0.3) is 0 Å². The van der Waals surface area contributed by atoms with E-state index >= 15 is 0 Å². The van der Waals surface area contributed by atoms with E-state index in [1.54, 1.807) is 23.0 Å². The molecule has 0 spiro atoms. The van der Waals surface area contributed by atoms with Crippen LogP contribution in [0.2, 0.25) is 0 Å². The fourth-order valence-electron chi connectivity index (χ4n) is 2.33. The SMILES string of the molecule is O=C1[C@@H](Sc2nncn2Cc2ccco2)CCN1CC(F)(F)F. The van der Waals surface area contributed by atoms with Crippen molar-refractivity contribution in [3.05, 3.63) is 30.5 Å². The van der Waals surface area contributed by atoms with Crippen molar-refractivity contribution in [1.82, 2.24) is 19.7 Å². The van der Waals surface area contributed by atoms with Gasteiger partial charge >= 0.3 is 6.18 Å². The van der Waals surface area contributed by atoms with Gasteiger partial charge in [0.15, 0.2) is 5.16 Å². The average Bonchev–Trinajstić information content (AvgIpc) is 3.18. The molecule has 0 saturated carbocycles. The summed E-state index contributed by atoms with van der Waals surface area (Å²) in [5.74, 6) is 0.183. The van der Waals surface area contributed by atoms with Crippen LogP contribution in [-0.2, 0) is 11.3 Å². The molecule has 3 rings (SSSR count). The van der Waals surface area contributed by atoms with Gasteiger partial charge in [0.05, 0.1) is 18.1 Å². The molecule has 124 valence electrons. The van der Waals surface area contributed by atoms with Crippen LogP contribution in [0.1, 0.15) is 12.2 Å². The average molecular weight is 346 g/mol. The third-order valence-electron chi connectivity index (χ3n) is 3.35. The minimum atomic E-state index is -4.38. The number of nitrogens with zero attached hydrogens (tertiary/aromatic N) is 4. The molecule has 1 atom stereocenters. The molecule has 1 fully saturated rings. The van der Waals surface area contributed by atoms with Crippen molar-refractivity contribution in [3.8, 4) is 0 Å². The first kappa shape index (κ1) is 15.9. The van der Waals surface area contributed by atoms with Crippen LogP contribution in [0.25, 0.3) is 0 Å². The second-order valence-electron chi connectivity index (χ2n) is 5.09. The summed E-state index contributed by atoms with van der Waals surface area (Å²) in [5.41, 5.74) is 0. The van der Waals surface area contributed by atoms with E-state index in [1.165, 1.54) is 6.33 Å². The highest BCUT2D eigenvalue weighted by atomic mass is 32.2. The van der Waals surface area contributed by atoms with Crippen LogP contribution in [0.15, 0.2) is 34.3 Å². The Bertz CT molecular complexity index is 671. The standard InChI is InChI=1S/C13H13F3N4O2S/c14-13(15,16)7-19-4-3-10(11(19)21)23-12-18-17-8-20(12)6-9-2-1-5-22-9/h1-2,5,8,10H,3-4,6-7H2/t10-/m0/s1.